The van der Waals surface area contributed by atoms with Crippen LogP contribution in [0.25, 0.3) is 10.9 Å². The molecular weight excluding hydrogens is 262 g/mol. The molecule has 1 amide bonds. The van der Waals surface area contributed by atoms with E-state index >= 15 is 0 Å². The molecule has 5 heteroatoms. The number of amides is 1. The average Bonchev–Trinajstić information content (AvgIpc) is 2.90. The maximum atomic E-state index is 13.5. The van der Waals surface area contributed by atoms with Crippen molar-refractivity contribution in [1.82, 2.24) is 4.98 Å². The summed E-state index contributed by atoms with van der Waals surface area (Å²) in [5, 5.41) is 3.11. The molecule has 100 valence electrons. The number of fused-ring (bicyclic) bond motifs is 1. The van der Waals surface area contributed by atoms with Crippen molar-refractivity contribution in [2.75, 3.05) is 5.32 Å². The van der Waals surface area contributed by atoms with E-state index in [0.717, 1.165) is 23.0 Å². The van der Waals surface area contributed by atoms with E-state index in [9.17, 15) is 13.6 Å². The van der Waals surface area contributed by atoms with Gasteiger partial charge >= 0.3 is 0 Å². The highest BCUT2D eigenvalue weighted by molar-refractivity contribution is 6.06. The van der Waals surface area contributed by atoms with E-state index < -0.39 is 23.2 Å². The molecule has 0 saturated carbocycles. The third-order valence-electron chi connectivity index (χ3n) is 3.02. The molecule has 0 radical (unpaired) electrons. The van der Waals surface area contributed by atoms with E-state index in [4.69, 9.17) is 0 Å². The Balaban J connectivity index is 1.92. The van der Waals surface area contributed by atoms with E-state index in [1.165, 1.54) is 6.07 Å². The van der Waals surface area contributed by atoms with Gasteiger partial charge in [0.05, 0.1) is 0 Å². The van der Waals surface area contributed by atoms with Crippen molar-refractivity contribution < 1.29 is 13.6 Å². The van der Waals surface area contributed by atoms with Crippen LogP contribution in [0.2, 0.25) is 0 Å². The lowest BCUT2D eigenvalue weighted by Gasteiger charge is -2.07. The number of H-pyrrole nitrogens is 1. The first-order chi connectivity index (χ1) is 9.65. The molecule has 3 nitrogen and oxygen atoms in total. The van der Waals surface area contributed by atoms with Gasteiger partial charge in [0, 0.05) is 22.7 Å². The number of nitrogens with one attached hydrogen (secondary N) is 2. The van der Waals surface area contributed by atoms with Gasteiger partial charge in [-0.25, -0.2) is 8.78 Å². The van der Waals surface area contributed by atoms with Crippen molar-refractivity contribution >= 4 is 22.5 Å². The third kappa shape index (κ3) is 2.14. The summed E-state index contributed by atoms with van der Waals surface area (Å²) < 4.78 is 26.9. The Morgan fingerprint density at radius 3 is 2.55 bits per heavy atom. The summed E-state index contributed by atoms with van der Waals surface area (Å²) in [6.45, 7) is 0. The minimum atomic E-state index is -0.805. The molecule has 2 N–H and O–H groups in total. The third-order valence-corrected chi connectivity index (χ3v) is 3.02. The van der Waals surface area contributed by atoms with Gasteiger partial charge in [-0.1, -0.05) is 6.07 Å². The molecule has 3 aromatic rings. The summed E-state index contributed by atoms with van der Waals surface area (Å²) in [6.07, 6.45) is 1.75. The SMILES string of the molecule is O=C(Nc1c(F)cccc1F)c1ccc2[nH]ccc2c1. The molecule has 0 aliphatic rings. The van der Waals surface area contributed by atoms with Gasteiger partial charge in [0.2, 0.25) is 0 Å². The van der Waals surface area contributed by atoms with Gasteiger partial charge in [0.1, 0.15) is 17.3 Å². The minimum Gasteiger partial charge on any atom is -0.361 e. The molecule has 2 aromatic carbocycles. The Bertz CT molecular complexity index is 775. The Morgan fingerprint density at radius 2 is 1.80 bits per heavy atom. The van der Waals surface area contributed by atoms with Crippen LogP contribution in [0.3, 0.4) is 0 Å². The van der Waals surface area contributed by atoms with Crippen molar-refractivity contribution in [3.63, 3.8) is 0 Å². The molecule has 0 spiro atoms. The smallest absolute Gasteiger partial charge is 0.255 e. The highest BCUT2D eigenvalue weighted by Gasteiger charge is 2.13. The van der Waals surface area contributed by atoms with Crippen LogP contribution in [0.5, 0.6) is 0 Å². The zero-order chi connectivity index (χ0) is 14.1. The van der Waals surface area contributed by atoms with Gasteiger partial charge in [0.25, 0.3) is 5.91 Å². The molecule has 0 aliphatic heterocycles. The average molecular weight is 272 g/mol. The number of rotatable bonds is 2. The number of carbonyl (C=O) groups excluding carboxylic acids is 1. The van der Waals surface area contributed by atoms with Crippen molar-refractivity contribution in [3.8, 4) is 0 Å². The summed E-state index contributed by atoms with van der Waals surface area (Å²) in [4.78, 5) is 15.0. The number of aromatic nitrogens is 1. The second-order valence-electron chi connectivity index (χ2n) is 4.33. The van der Waals surface area contributed by atoms with Gasteiger partial charge < -0.3 is 10.3 Å². The van der Waals surface area contributed by atoms with Crippen LogP contribution in [0.4, 0.5) is 14.5 Å². The number of hydrogen-bond acceptors (Lipinski definition) is 1. The van der Waals surface area contributed by atoms with Gasteiger partial charge in [-0.15, -0.1) is 0 Å². The second-order valence-corrected chi connectivity index (χ2v) is 4.33. The van der Waals surface area contributed by atoms with E-state index in [2.05, 4.69) is 10.3 Å². The maximum Gasteiger partial charge on any atom is 0.255 e. The van der Waals surface area contributed by atoms with E-state index in [1.807, 2.05) is 6.07 Å². The number of halogens is 2. The first-order valence-corrected chi connectivity index (χ1v) is 5.97. The van der Waals surface area contributed by atoms with E-state index in [-0.39, 0.29) is 0 Å². The van der Waals surface area contributed by atoms with Crippen LogP contribution in [0.15, 0.2) is 48.7 Å². The molecule has 0 fully saturated rings. The number of anilines is 1. The standard InChI is InChI=1S/C15H10F2N2O/c16-11-2-1-3-12(17)14(11)19-15(20)10-4-5-13-9(8-10)6-7-18-13/h1-8,18H,(H,19,20). The molecule has 0 unspecified atom stereocenters. The van der Waals surface area contributed by atoms with Crippen LogP contribution in [0, 0.1) is 11.6 Å². The number of aromatic amines is 1. The van der Waals surface area contributed by atoms with Crippen LogP contribution in [0.1, 0.15) is 10.4 Å². The van der Waals surface area contributed by atoms with Crippen molar-refractivity contribution in [2.24, 2.45) is 0 Å². The number of para-hydroxylation sites is 1. The zero-order valence-corrected chi connectivity index (χ0v) is 10.3. The van der Waals surface area contributed by atoms with Gasteiger partial charge in [-0.05, 0) is 36.4 Å². The van der Waals surface area contributed by atoms with Gasteiger partial charge in [0.15, 0.2) is 0 Å². The molecule has 0 aliphatic carbocycles. The summed E-state index contributed by atoms with van der Waals surface area (Å²) in [5.41, 5.74) is 0.782. The number of hydrogen-bond donors (Lipinski definition) is 2. The Morgan fingerprint density at radius 1 is 1.05 bits per heavy atom. The largest absolute Gasteiger partial charge is 0.361 e. The highest BCUT2D eigenvalue weighted by Crippen LogP contribution is 2.20. The molecule has 0 bridgehead atoms. The summed E-state index contributed by atoms with van der Waals surface area (Å²) in [6, 6.07) is 10.2. The van der Waals surface area contributed by atoms with Gasteiger partial charge in [-0.2, -0.15) is 0 Å². The predicted molar refractivity (Wildman–Crippen MR) is 72.6 cm³/mol. The fourth-order valence-electron chi connectivity index (χ4n) is 2.00. The first-order valence-electron chi connectivity index (χ1n) is 5.97. The Kier molecular flexibility index (Phi) is 2.95. The van der Waals surface area contributed by atoms with Crippen molar-refractivity contribution in [3.05, 3.63) is 65.9 Å². The Hall–Kier alpha value is -2.69. The van der Waals surface area contributed by atoms with E-state index in [1.54, 1.807) is 24.4 Å². The topological polar surface area (TPSA) is 44.9 Å². The van der Waals surface area contributed by atoms with Crippen LogP contribution < -0.4 is 5.32 Å². The quantitative estimate of drug-likeness (QED) is 0.734. The molecule has 1 aromatic heterocycles. The van der Waals surface area contributed by atoms with E-state index in [0.29, 0.717) is 5.56 Å². The number of carbonyl (C=O) groups is 1. The lowest BCUT2D eigenvalue weighted by Crippen LogP contribution is -2.14. The van der Waals surface area contributed by atoms with Gasteiger partial charge in [-0.3, -0.25) is 4.79 Å². The lowest BCUT2D eigenvalue weighted by molar-refractivity contribution is 0.102. The summed E-state index contributed by atoms with van der Waals surface area (Å²) in [7, 11) is 0. The molecule has 3 rings (SSSR count). The summed E-state index contributed by atoms with van der Waals surface area (Å²) in [5.74, 6) is -2.17. The van der Waals surface area contributed by atoms with Crippen LogP contribution >= 0.6 is 0 Å². The normalized spacial score (nSPS) is 10.7. The minimum absolute atomic E-state index is 0.333. The van der Waals surface area contributed by atoms with Crippen LogP contribution in [-0.2, 0) is 0 Å². The number of benzene rings is 2. The summed E-state index contributed by atoms with van der Waals surface area (Å²) >= 11 is 0. The zero-order valence-electron chi connectivity index (χ0n) is 10.3. The molecule has 0 saturated heterocycles. The molecule has 0 atom stereocenters. The maximum absolute atomic E-state index is 13.5. The molecular formula is C15H10F2N2O. The molecule has 1 heterocycles. The molecule has 20 heavy (non-hydrogen) atoms. The van der Waals surface area contributed by atoms with Crippen LogP contribution in [-0.4, -0.2) is 10.9 Å². The fourth-order valence-corrected chi connectivity index (χ4v) is 2.00. The second kappa shape index (κ2) is 4.77. The fraction of sp³-hybridized carbons (Fsp3) is 0. The first kappa shape index (κ1) is 12.3. The predicted octanol–water partition coefficient (Wildman–Crippen LogP) is 3.70. The van der Waals surface area contributed by atoms with Crippen molar-refractivity contribution in [2.45, 2.75) is 0 Å². The monoisotopic (exact) mass is 272 g/mol. The lowest BCUT2D eigenvalue weighted by atomic mass is 10.1. The Labute approximate surface area is 113 Å². The van der Waals surface area contributed by atoms with Crippen molar-refractivity contribution in [1.29, 1.82) is 0 Å². The highest BCUT2D eigenvalue weighted by atomic mass is 19.1.